The lowest BCUT2D eigenvalue weighted by atomic mass is 9.86. The molecule has 0 fully saturated rings. The van der Waals surface area contributed by atoms with E-state index in [0.717, 1.165) is 6.42 Å². The van der Waals surface area contributed by atoms with E-state index in [4.69, 9.17) is 6.58 Å². The van der Waals surface area contributed by atoms with Gasteiger partial charge in [-0.1, -0.05) is 176 Å². The molecule has 1 heterocycles. The summed E-state index contributed by atoms with van der Waals surface area (Å²) in [5, 5.41) is 10.0. The molecule has 10 rings (SSSR count). The standard InChI is InChI=1S/C55H42S/c1-37-34-52-51(33-32-40-18-6-11-31-53(40)56(37,2)3)54(43-23-12-21-41(35-43)47-29-14-19-38-16-4-7-25-45(38)47)49-27-9-10-28-50(49)55(52)44-24-13-22-42(36-44)48-30-15-20-39-17-5-8-26-46(39)48/h4-31,33-36H,1,32H2,2-3H3/b51-33+,52-34+. The summed E-state index contributed by atoms with van der Waals surface area (Å²) < 4.78 is 0. The van der Waals surface area contributed by atoms with Crippen molar-refractivity contribution in [3.63, 3.8) is 0 Å². The van der Waals surface area contributed by atoms with Crippen molar-refractivity contribution < 1.29 is 0 Å². The van der Waals surface area contributed by atoms with Crippen LogP contribution in [0.5, 0.6) is 0 Å². The quantitative estimate of drug-likeness (QED) is 0.169. The molecular weight excluding hydrogens is 693 g/mol. The van der Waals surface area contributed by atoms with Crippen molar-refractivity contribution >= 4 is 54.5 Å². The maximum absolute atomic E-state index is 4.87. The molecule has 0 saturated heterocycles. The molecule has 0 aliphatic carbocycles. The van der Waals surface area contributed by atoms with E-state index in [-0.39, 0.29) is 0 Å². The molecule has 0 atom stereocenters. The molecule has 0 unspecified atom stereocenters. The van der Waals surface area contributed by atoms with Gasteiger partial charge in [0.15, 0.2) is 0 Å². The van der Waals surface area contributed by atoms with Crippen LogP contribution in [0.1, 0.15) is 5.56 Å². The van der Waals surface area contributed by atoms with Crippen LogP contribution in [0, 0.1) is 0 Å². The van der Waals surface area contributed by atoms with Gasteiger partial charge in [0.05, 0.1) is 0 Å². The summed E-state index contributed by atoms with van der Waals surface area (Å²) in [6.07, 6.45) is 10.6. The minimum atomic E-state index is -1.39. The molecule has 0 spiro atoms. The third-order valence-electron chi connectivity index (χ3n) is 11.8. The van der Waals surface area contributed by atoms with Crippen LogP contribution >= 0.6 is 10.0 Å². The van der Waals surface area contributed by atoms with E-state index >= 15 is 0 Å². The lowest BCUT2D eigenvalue weighted by Gasteiger charge is -2.34. The Hall–Kier alpha value is -6.41. The fraction of sp³-hybridized carbons (Fsp3) is 0.0545. The fourth-order valence-corrected chi connectivity index (χ4v) is 10.9. The highest BCUT2D eigenvalue weighted by Crippen LogP contribution is 2.57. The van der Waals surface area contributed by atoms with Gasteiger partial charge in [-0.3, -0.25) is 0 Å². The zero-order chi connectivity index (χ0) is 37.8. The molecule has 0 nitrogen and oxygen atoms in total. The molecule has 0 amide bonds. The SMILES string of the molecule is C=C1/C=c2/c(-c3cccc(-c4cccc5ccccc45)c3)c3ccccc3c(-c3cccc(-c4cccc5ccccc45)c3)/c2=C/Cc2ccccc2S1(C)C. The Morgan fingerprint density at radius 3 is 1.46 bits per heavy atom. The third kappa shape index (κ3) is 5.70. The molecule has 0 bridgehead atoms. The first kappa shape index (κ1) is 34.1. The predicted molar refractivity (Wildman–Crippen MR) is 246 cm³/mol. The summed E-state index contributed by atoms with van der Waals surface area (Å²) in [4.78, 5) is 2.59. The van der Waals surface area contributed by atoms with Crippen molar-refractivity contribution in [2.24, 2.45) is 0 Å². The van der Waals surface area contributed by atoms with Crippen LogP contribution in [0.15, 0.2) is 198 Å². The fourth-order valence-electron chi connectivity index (χ4n) is 8.93. The van der Waals surface area contributed by atoms with Crippen LogP contribution < -0.4 is 10.4 Å². The van der Waals surface area contributed by atoms with Gasteiger partial charge < -0.3 is 0 Å². The van der Waals surface area contributed by atoms with Gasteiger partial charge in [-0.25, -0.2) is 0 Å². The number of rotatable bonds is 4. The molecule has 9 aromatic carbocycles. The van der Waals surface area contributed by atoms with E-state index in [9.17, 15) is 0 Å². The monoisotopic (exact) mass is 734 g/mol. The Kier molecular flexibility index (Phi) is 8.35. The Morgan fingerprint density at radius 2 is 0.875 bits per heavy atom. The van der Waals surface area contributed by atoms with E-state index in [1.165, 1.54) is 103 Å². The number of hydrogen-bond donors (Lipinski definition) is 0. The minimum Gasteiger partial charge on any atom is -0.194 e. The van der Waals surface area contributed by atoms with Gasteiger partial charge in [0, 0.05) is 0 Å². The summed E-state index contributed by atoms with van der Waals surface area (Å²) in [7, 11) is -1.39. The third-order valence-corrected chi connectivity index (χ3v) is 14.7. The highest BCUT2D eigenvalue weighted by Gasteiger charge is 2.23. The van der Waals surface area contributed by atoms with Crippen LogP contribution in [-0.2, 0) is 6.42 Å². The largest absolute Gasteiger partial charge is 0.194 e. The van der Waals surface area contributed by atoms with Crippen LogP contribution in [0.4, 0.5) is 0 Å². The van der Waals surface area contributed by atoms with E-state index in [1.807, 2.05) is 0 Å². The molecule has 1 aliphatic rings. The van der Waals surface area contributed by atoms with E-state index in [2.05, 4.69) is 207 Å². The molecule has 0 radical (unpaired) electrons. The van der Waals surface area contributed by atoms with Crippen LogP contribution in [0.2, 0.25) is 0 Å². The zero-order valence-electron chi connectivity index (χ0n) is 31.8. The molecule has 1 heteroatoms. The lowest BCUT2D eigenvalue weighted by Crippen LogP contribution is -2.30. The van der Waals surface area contributed by atoms with E-state index in [0.29, 0.717) is 0 Å². The van der Waals surface area contributed by atoms with Gasteiger partial charge in [-0.15, -0.1) is 0 Å². The van der Waals surface area contributed by atoms with Gasteiger partial charge in [-0.05, 0) is 146 Å². The summed E-state index contributed by atoms with van der Waals surface area (Å²) in [6, 6.07) is 67.1. The number of fused-ring (bicyclic) bond motifs is 5. The predicted octanol–water partition coefficient (Wildman–Crippen LogP) is 13.6. The molecule has 56 heavy (non-hydrogen) atoms. The normalized spacial score (nSPS) is 15.4. The average Bonchev–Trinajstić information content (AvgIpc) is 3.28. The Balaban J connectivity index is 1.30. The molecular formula is C55H42S. The maximum Gasteiger partial charge on any atom is -0.00259 e. The van der Waals surface area contributed by atoms with Gasteiger partial charge in [0.1, 0.15) is 0 Å². The topological polar surface area (TPSA) is 0 Å². The molecule has 0 saturated carbocycles. The zero-order valence-corrected chi connectivity index (χ0v) is 32.6. The molecule has 0 N–H and O–H groups in total. The molecule has 268 valence electrons. The van der Waals surface area contributed by atoms with Crippen molar-refractivity contribution in [2.75, 3.05) is 12.5 Å². The van der Waals surface area contributed by atoms with Crippen LogP contribution in [0.25, 0.3) is 89.0 Å². The van der Waals surface area contributed by atoms with Crippen LogP contribution in [-0.4, -0.2) is 12.5 Å². The van der Waals surface area contributed by atoms with Crippen LogP contribution in [0.3, 0.4) is 0 Å². The summed E-state index contributed by atoms with van der Waals surface area (Å²) in [5.41, 5.74) is 11.3. The highest BCUT2D eigenvalue weighted by molar-refractivity contribution is 8.36. The lowest BCUT2D eigenvalue weighted by molar-refractivity contribution is 1.21. The second-order valence-corrected chi connectivity index (χ2v) is 18.9. The van der Waals surface area contributed by atoms with Gasteiger partial charge in [-0.2, -0.15) is 10.0 Å². The summed E-state index contributed by atoms with van der Waals surface area (Å²) >= 11 is 0. The smallest absolute Gasteiger partial charge is 0.00259 e. The summed E-state index contributed by atoms with van der Waals surface area (Å²) in [6.45, 7) is 4.87. The first-order valence-corrected chi connectivity index (χ1v) is 21.8. The minimum absolute atomic E-state index is 0.838. The summed E-state index contributed by atoms with van der Waals surface area (Å²) in [5.74, 6) is 0. The maximum atomic E-state index is 4.87. The first-order chi connectivity index (χ1) is 27.5. The van der Waals surface area contributed by atoms with E-state index < -0.39 is 10.0 Å². The van der Waals surface area contributed by atoms with Crippen molar-refractivity contribution in [3.05, 3.63) is 209 Å². The molecule has 1 aliphatic heterocycles. The van der Waals surface area contributed by atoms with Crippen molar-refractivity contribution in [1.29, 1.82) is 0 Å². The van der Waals surface area contributed by atoms with Crippen molar-refractivity contribution in [1.82, 2.24) is 0 Å². The number of allylic oxidation sites excluding steroid dienone is 1. The second-order valence-electron chi connectivity index (χ2n) is 15.3. The second kappa shape index (κ2) is 13.7. The average molecular weight is 735 g/mol. The van der Waals surface area contributed by atoms with Crippen molar-refractivity contribution in [3.8, 4) is 44.5 Å². The van der Waals surface area contributed by atoms with E-state index in [1.54, 1.807) is 0 Å². The highest BCUT2D eigenvalue weighted by atomic mass is 32.3. The number of benzene rings is 9. The van der Waals surface area contributed by atoms with Crippen molar-refractivity contribution in [2.45, 2.75) is 11.3 Å². The Labute approximate surface area is 330 Å². The molecule has 0 aromatic heterocycles. The number of hydrogen-bond acceptors (Lipinski definition) is 0. The molecule has 9 aromatic rings. The van der Waals surface area contributed by atoms with Gasteiger partial charge in [0.2, 0.25) is 0 Å². The Morgan fingerprint density at radius 1 is 0.429 bits per heavy atom. The van der Waals surface area contributed by atoms with Gasteiger partial charge >= 0.3 is 0 Å². The van der Waals surface area contributed by atoms with Gasteiger partial charge in [0.25, 0.3) is 0 Å². The Bertz CT molecular complexity index is 3150. The first-order valence-electron chi connectivity index (χ1n) is 19.4.